The van der Waals surface area contributed by atoms with E-state index >= 15 is 0 Å². The van der Waals surface area contributed by atoms with Crippen LogP contribution in [0.4, 0.5) is 4.79 Å². The van der Waals surface area contributed by atoms with Crippen molar-refractivity contribution in [1.82, 2.24) is 16.0 Å². The highest BCUT2D eigenvalue weighted by molar-refractivity contribution is 6.30. The number of ether oxygens (including phenoxy) is 5. The van der Waals surface area contributed by atoms with Crippen LogP contribution in [0, 0.1) is 5.92 Å². The molecule has 0 spiro atoms. The second kappa shape index (κ2) is 17.8. The van der Waals surface area contributed by atoms with Gasteiger partial charge in [-0.2, -0.15) is 0 Å². The number of halogens is 1. The fourth-order valence-electron chi connectivity index (χ4n) is 4.69. The number of nitrogens with one attached hydrogen (secondary N) is 3. The van der Waals surface area contributed by atoms with Gasteiger partial charge in [0.2, 0.25) is 0 Å². The minimum Gasteiger partial charge on any atom is -0.491 e. The molecule has 226 valence electrons. The van der Waals surface area contributed by atoms with E-state index in [4.69, 9.17) is 30.5 Å². The third kappa shape index (κ3) is 11.1. The molecule has 0 saturated carbocycles. The van der Waals surface area contributed by atoms with Gasteiger partial charge in [0.25, 0.3) is 5.91 Å². The van der Waals surface area contributed by atoms with E-state index in [9.17, 15) is 9.59 Å². The van der Waals surface area contributed by atoms with Crippen LogP contribution in [-0.4, -0.2) is 85.4 Å². The number of amides is 2. The number of carbonyl (C=O) groups is 2. The minimum absolute atomic E-state index is 0.146. The number of carbonyl (C=O) groups excluding carboxylic acids is 2. The standard InChI is InChI=1S/C30H42ClN3O7/c1-32-26(15-21-7-10-39-11-8-21)20-34-29(35)24-16-23(18-27(19-24)40-14-13-37-2)28(22-5-4-6-25(31)17-22)41-12-9-33-30(36)38-3/h4-6,16-19,21,26,28,32H,7-15,20H2,1-3H3,(H,33,36)(H,34,35). The van der Waals surface area contributed by atoms with Crippen LogP contribution in [0.3, 0.4) is 0 Å². The highest BCUT2D eigenvalue weighted by Crippen LogP contribution is 2.31. The Morgan fingerprint density at radius 1 is 1.02 bits per heavy atom. The summed E-state index contributed by atoms with van der Waals surface area (Å²) in [6, 6.07) is 12.8. The number of benzene rings is 2. The Hall–Kier alpha value is -2.89. The second-order valence-corrected chi connectivity index (χ2v) is 10.3. The summed E-state index contributed by atoms with van der Waals surface area (Å²) in [4.78, 5) is 24.9. The fourth-order valence-corrected chi connectivity index (χ4v) is 4.89. The Bertz CT molecular complexity index is 1100. The molecule has 2 aromatic rings. The van der Waals surface area contributed by atoms with Gasteiger partial charge in [0.15, 0.2) is 0 Å². The third-order valence-corrected chi connectivity index (χ3v) is 7.15. The van der Waals surface area contributed by atoms with Gasteiger partial charge in [0, 0.05) is 50.0 Å². The van der Waals surface area contributed by atoms with Crippen molar-refractivity contribution < 1.29 is 33.3 Å². The molecule has 41 heavy (non-hydrogen) atoms. The lowest BCUT2D eigenvalue weighted by Gasteiger charge is -2.26. The molecule has 0 aliphatic carbocycles. The molecule has 11 heteroatoms. The number of likely N-dealkylation sites (N-methyl/N-ethyl adjacent to an activating group) is 1. The molecule has 2 unspecified atom stereocenters. The molecule has 0 radical (unpaired) electrons. The first-order valence-corrected chi connectivity index (χ1v) is 14.3. The molecule has 1 aliphatic heterocycles. The minimum atomic E-state index is -0.579. The summed E-state index contributed by atoms with van der Waals surface area (Å²) in [5.41, 5.74) is 1.94. The maximum atomic E-state index is 13.4. The van der Waals surface area contributed by atoms with E-state index in [2.05, 4.69) is 20.7 Å². The smallest absolute Gasteiger partial charge is 0.406 e. The monoisotopic (exact) mass is 591 g/mol. The topological polar surface area (TPSA) is 116 Å². The maximum Gasteiger partial charge on any atom is 0.406 e. The molecule has 3 N–H and O–H groups in total. The van der Waals surface area contributed by atoms with Gasteiger partial charge in [-0.15, -0.1) is 0 Å². The highest BCUT2D eigenvalue weighted by Gasteiger charge is 2.22. The molecule has 1 aliphatic rings. The molecule has 1 saturated heterocycles. The van der Waals surface area contributed by atoms with Crippen LogP contribution in [0.5, 0.6) is 5.75 Å². The van der Waals surface area contributed by atoms with E-state index < -0.39 is 12.2 Å². The molecule has 2 atom stereocenters. The number of rotatable bonds is 16. The van der Waals surface area contributed by atoms with Crippen LogP contribution in [0.1, 0.15) is 46.9 Å². The normalized spacial score (nSPS) is 15.1. The molecule has 0 aromatic heterocycles. The van der Waals surface area contributed by atoms with Gasteiger partial charge >= 0.3 is 6.09 Å². The summed E-state index contributed by atoms with van der Waals surface area (Å²) in [7, 11) is 4.82. The third-order valence-electron chi connectivity index (χ3n) is 6.92. The first-order chi connectivity index (χ1) is 19.9. The van der Waals surface area contributed by atoms with E-state index in [0.717, 1.165) is 38.0 Å². The first kappa shape index (κ1) is 32.6. The lowest BCUT2D eigenvalue weighted by atomic mass is 9.92. The van der Waals surface area contributed by atoms with E-state index in [-0.39, 0.29) is 25.1 Å². The van der Waals surface area contributed by atoms with Crippen LogP contribution < -0.4 is 20.7 Å². The van der Waals surface area contributed by atoms with Gasteiger partial charge in [-0.3, -0.25) is 4.79 Å². The van der Waals surface area contributed by atoms with Crippen molar-refractivity contribution in [3.63, 3.8) is 0 Å². The van der Waals surface area contributed by atoms with Gasteiger partial charge in [-0.25, -0.2) is 4.79 Å². The van der Waals surface area contributed by atoms with Gasteiger partial charge in [-0.05, 0) is 73.7 Å². The van der Waals surface area contributed by atoms with Crippen LogP contribution in [0.25, 0.3) is 0 Å². The Balaban J connectivity index is 1.81. The zero-order chi connectivity index (χ0) is 29.5. The summed E-state index contributed by atoms with van der Waals surface area (Å²) in [6.45, 7) is 3.22. The average molecular weight is 592 g/mol. The van der Waals surface area contributed by atoms with E-state index in [1.807, 2.05) is 31.3 Å². The lowest BCUT2D eigenvalue weighted by molar-refractivity contribution is 0.0605. The highest BCUT2D eigenvalue weighted by atomic mass is 35.5. The fraction of sp³-hybridized carbons (Fsp3) is 0.533. The van der Waals surface area contributed by atoms with Gasteiger partial charge < -0.3 is 39.6 Å². The van der Waals surface area contributed by atoms with Crippen LogP contribution in [0.2, 0.25) is 5.02 Å². The largest absolute Gasteiger partial charge is 0.491 e. The molecule has 0 bridgehead atoms. The van der Waals surface area contributed by atoms with Crippen molar-refractivity contribution in [2.24, 2.45) is 5.92 Å². The van der Waals surface area contributed by atoms with Crippen molar-refractivity contribution in [3.05, 3.63) is 64.2 Å². The number of alkyl carbamates (subject to hydrolysis) is 1. The van der Waals surface area contributed by atoms with Gasteiger partial charge in [0.1, 0.15) is 18.5 Å². The maximum absolute atomic E-state index is 13.4. The summed E-state index contributed by atoms with van der Waals surface area (Å²) in [5.74, 6) is 0.875. The number of methoxy groups -OCH3 is 2. The van der Waals surface area contributed by atoms with Crippen molar-refractivity contribution in [1.29, 1.82) is 0 Å². The molecule has 3 rings (SSSR count). The predicted octanol–water partition coefficient (Wildman–Crippen LogP) is 3.96. The van der Waals surface area contributed by atoms with Crippen LogP contribution >= 0.6 is 11.6 Å². The van der Waals surface area contributed by atoms with E-state index in [1.165, 1.54) is 7.11 Å². The Labute approximate surface area is 247 Å². The Morgan fingerprint density at radius 3 is 2.54 bits per heavy atom. The van der Waals surface area contributed by atoms with E-state index in [0.29, 0.717) is 47.6 Å². The van der Waals surface area contributed by atoms with Crippen molar-refractivity contribution in [2.75, 3.05) is 67.4 Å². The molecule has 1 fully saturated rings. The molecular formula is C30H42ClN3O7. The van der Waals surface area contributed by atoms with Crippen molar-refractivity contribution in [3.8, 4) is 5.75 Å². The first-order valence-electron chi connectivity index (χ1n) is 13.9. The van der Waals surface area contributed by atoms with Crippen molar-refractivity contribution >= 4 is 23.6 Å². The van der Waals surface area contributed by atoms with Crippen molar-refractivity contribution in [2.45, 2.75) is 31.4 Å². The summed E-state index contributed by atoms with van der Waals surface area (Å²) in [6.07, 6.45) is 1.92. The molecular weight excluding hydrogens is 550 g/mol. The second-order valence-electron chi connectivity index (χ2n) is 9.84. The summed E-state index contributed by atoms with van der Waals surface area (Å²) in [5, 5.41) is 9.58. The summed E-state index contributed by atoms with van der Waals surface area (Å²) >= 11 is 6.31. The predicted molar refractivity (Wildman–Crippen MR) is 157 cm³/mol. The molecule has 2 aromatic carbocycles. The molecule has 2 amide bonds. The van der Waals surface area contributed by atoms with Crippen LogP contribution in [0.15, 0.2) is 42.5 Å². The Kier molecular flexibility index (Phi) is 14.2. The SMILES string of the molecule is CNC(CNC(=O)c1cc(OCCOC)cc(C(OCCNC(=O)OC)c2cccc(Cl)c2)c1)CC1CCOCC1. The number of hydrogen-bond donors (Lipinski definition) is 3. The quantitative estimate of drug-likeness (QED) is 0.251. The Morgan fingerprint density at radius 2 is 1.83 bits per heavy atom. The van der Waals surface area contributed by atoms with E-state index in [1.54, 1.807) is 25.3 Å². The molecule has 1 heterocycles. The van der Waals surface area contributed by atoms with Gasteiger partial charge in [0.05, 0.1) is 20.3 Å². The summed E-state index contributed by atoms with van der Waals surface area (Å²) < 4.78 is 27.4. The van der Waals surface area contributed by atoms with Crippen LogP contribution in [-0.2, 0) is 18.9 Å². The van der Waals surface area contributed by atoms with Gasteiger partial charge in [-0.1, -0.05) is 23.7 Å². The zero-order valence-corrected chi connectivity index (χ0v) is 24.8. The molecule has 10 nitrogen and oxygen atoms in total. The average Bonchev–Trinajstić information content (AvgIpc) is 2.99. The lowest BCUT2D eigenvalue weighted by Crippen LogP contribution is -2.41. The zero-order valence-electron chi connectivity index (χ0n) is 24.1. The number of hydrogen-bond acceptors (Lipinski definition) is 8.